The summed E-state index contributed by atoms with van der Waals surface area (Å²) in [6.07, 6.45) is 2.30. The quantitative estimate of drug-likeness (QED) is 0.652. The molecule has 0 spiro atoms. The second-order valence-corrected chi connectivity index (χ2v) is 6.99. The first-order valence-electron chi connectivity index (χ1n) is 8.36. The maximum absolute atomic E-state index is 14.1. The molecule has 0 saturated carbocycles. The second-order valence-electron chi connectivity index (χ2n) is 4.90. The van der Waals surface area contributed by atoms with Crippen molar-refractivity contribution in [1.29, 1.82) is 0 Å². The average Bonchev–Trinajstić information content (AvgIpc) is 3.01. The molecule has 0 aliphatic rings. The van der Waals surface area contributed by atoms with E-state index in [1.165, 1.54) is 18.3 Å². The lowest BCUT2D eigenvalue weighted by Crippen LogP contribution is -2.15. The maximum atomic E-state index is 14.1. The predicted molar refractivity (Wildman–Crippen MR) is 88.4 cm³/mol. The highest BCUT2D eigenvalue weighted by atomic mass is 35.5. The van der Waals surface area contributed by atoms with Crippen molar-refractivity contribution in [2.45, 2.75) is 11.5 Å². The SMILES string of the molecule is [2H]C([2H])([2H])Oc1nc(OC(F)F)c(F)cc1NS(=O)(=O)c1cnn2cc(Cl)ccc12. The highest BCUT2D eigenvalue weighted by Gasteiger charge is 2.24. The van der Waals surface area contributed by atoms with E-state index in [2.05, 4.69) is 19.6 Å². The molecule has 3 aromatic heterocycles. The van der Waals surface area contributed by atoms with Gasteiger partial charge in [-0.3, -0.25) is 4.72 Å². The van der Waals surface area contributed by atoms with Crippen LogP contribution in [0.4, 0.5) is 18.9 Å². The normalized spacial score (nSPS) is 13.9. The van der Waals surface area contributed by atoms with Gasteiger partial charge in [0.15, 0.2) is 5.82 Å². The summed E-state index contributed by atoms with van der Waals surface area (Å²) in [7, 11) is -7.63. The molecule has 8 nitrogen and oxygen atoms in total. The van der Waals surface area contributed by atoms with Crippen molar-refractivity contribution in [2.24, 2.45) is 0 Å². The van der Waals surface area contributed by atoms with E-state index in [1.807, 2.05) is 4.72 Å². The first-order chi connectivity index (χ1) is 13.9. The number of hydrogen-bond donors (Lipinski definition) is 1. The molecule has 0 fully saturated rings. The van der Waals surface area contributed by atoms with E-state index in [-0.39, 0.29) is 15.4 Å². The van der Waals surface area contributed by atoms with Crippen molar-refractivity contribution in [1.82, 2.24) is 14.6 Å². The average molecular weight is 426 g/mol. The highest BCUT2D eigenvalue weighted by molar-refractivity contribution is 7.93. The number of ether oxygens (including phenoxy) is 2. The van der Waals surface area contributed by atoms with Crippen LogP contribution in [-0.2, 0) is 10.0 Å². The number of nitrogens with one attached hydrogen (secondary N) is 1. The van der Waals surface area contributed by atoms with Gasteiger partial charge in [0.1, 0.15) is 10.6 Å². The van der Waals surface area contributed by atoms with Crippen LogP contribution in [0.2, 0.25) is 5.02 Å². The first kappa shape index (κ1) is 15.3. The van der Waals surface area contributed by atoms with Crippen LogP contribution in [0, 0.1) is 5.82 Å². The zero-order valence-corrected chi connectivity index (χ0v) is 14.4. The number of hydrogen-bond acceptors (Lipinski definition) is 6. The number of anilines is 1. The summed E-state index contributed by atoms with van der Waals surface area (Å²) in [5.74, 6) is -3.77. The van der Waals surface area contributed by atoms with Crippen molar-refractivity contribution in [2.75, 3.05) is 11.8 Å². The molecule has 0 atom stereocenters. The van der Waals surface area contributed by atoms with E-state index in [0.29, 0.717) is 6.07 Å². The fraction of sp³-hybridized carbons (Fsp3) is 0.143. The fourth-order valence-corrected chi connectivity index (χ4v) is 3.44. The van der Waals surface area contributed by atoms with Gasteiger partial charge in [-0.05, 0) is 12.1 Å². The lowest BCUT2D eigenvalue weighted by atomic mass is 10.4. The Labute approximate surface area is 159 Å². The minimum Gasteiger partial charge on any atom is -0.479 e. The van der Waals surface area contributed by atoms with Crippen molar-refractivity contribution in [3.63, 3.8) is 0 Å². The van der Waals surface area contributed by atoms with E-state index < -0.39 is 46.9 Å². The van der Waals surface area contributed by atoms with Gasteiger partial charge in [0, 0.05) is 12.3 Å². The van der Waals surface area contributed by atoms with E-state index in [0.717, 1.165) is 10.7 Å². The largest absolute Gasteiger partial charge is 0.479 e. The molecule has 3 heterocycles. The van der Waals surface area contributed by atoms with Gasteiger partial charge in [-0.25, -0.2) is 17.3 Å². The number of methoxy groups -OCH3 is 1. The minimum absolute atomic E-state index is 0.0938. The predicted octanol–water partition coefficient (Wildman–Crippen LogP) is 2.93. The summed E-state index contributed by atoms with van der Waals surface area (Å²) in [6, 6.07) is 3.15. The molecule has 3 rings (SSSR count). The van der Waals surface area contributed by atoms with Crippen molar-refractivity contribution in [3.05, 3.63) is 41.4 Å². The van der Waals surface area contributed by atoms with Crippen molar-refractivity contribution >= 4 is 32.8 Å². The molecular formula is C14H10ClF3N4O4S. The Kier molecular flexibility index (Phi) is 4.04. The Balaban J connectivity index is 2.06. The van der Waals surface area contributed by atoms with Crippen molar-refractivity contribution in [3.8, 4) is 11.8 Å². The monoisotopic (exact) mass is 425 g/mol. The molecule has 144 valence electrons. The molecule has 0 aliphatic carbocycles. The smallest absolute Gasteiger partial charge is 0.388 e. The number of nitrogens with zero attached hydrogens (tertiary/aromatic N) is 3. The molecule has 27 heavy (non-hydrogen) atoms. The highest BCUT2D eigenvalue weighted by Crippen LogP contribution is 2.31. The van der Waals surface area contributed by atoms with E-state index in [4.69, 9.17) is 15.7 Å². The topological polar surface area (TPSA) is 94.8 Å². The van der Waals surface area contributed by atoms with Gasteiger partial charge in [0.2, 0.25) is 5.88 Å². The van der Waals surface area contributed by atoms with E-state index >= 15 is 0 Å². The van der Waals surface area contributed by atoms with Gasteiger partial charge in [-0.2, -0.15) is 18.9 Å². The standard InChI is InChI=1S/C14H10ClF3N4O4S/c1-25-13-9(4-8(16)12(20-13)26-14(17)18)21-27(23,24)11-5-19-22-6-7(15)2-3-10(11)22/h2-6,14,21H,1H3/i1D3. The van der Waals surface area contributed by atoms with Gasteiger partial charge in [0.25, 0.3) is 15.9 Å². The summed E-state index contributed by atoms with van der Waals surface area (Å²) >= 11 is 5.81. The molecule has 1 N–H and O–H groups in total. The lowest BCUT2D eigenvalue weighted by Gasteiger charge is -2.12. The van der Waals surface area contributed by atoms with Crippen LogP contribution < -0.4 is 14.2 Å². The molecule has 13 heteroatoms. The Morgan fingerprint density at radius 2 is 2.15 bits per heavy atom. The van der Waals surface area contributed by atoms with Gasteiger partial charge >= 0.3 is 6.61 Å². The van der Waals surface area contributed by atoms with E-state index in [1.54, 1.807) is 0 Å². The molecule has 0 aliphatic heterocycles. The molecular weight excluding hydrogens is 413 g/mol. The summed E-state index contributed by atoms with van der Waals surface area (Å²) in [6.45, 7) is -3.47. The Hall–Kier alpha value is -2.73. The van der Waals surface area contributed by atoms with Crippen LogP contribution in [0.5, 0.6) is 11.8 Å². The summed E-state index contributed by atoms with van der Waals surface area (Å²) in [5, 5.41) is 4.11. The maximum Gasteiger partial charge on any atom is 0.388 e. The molecule has 0 radical (unpaired) electrons. The van der Waals surface area contributed by atoms with E-state index in [9.17, 15) is 21.6 Å². The molecule has 0 saturated heterocycles. The third-order valence-electron chi connectivity index (χ3n) is 3.18. The number of fused-ring (bicyclic) bond motifs is 1. The van der Waals surface area contributed by atoms with Gasteiger partial charge in [0.05, 0.1) is 27.9 Å². The summed E-state index contributed by atoms with van der Waals surface area (Å²) < 4.78 is 97.1. The fourth-order valence-electron chi connectivity index (χ4n) is 2.12. The zero-order chi connectivity index (χ0) is 22.3. The van der Waals surface area contributed by atoms with Gasteiger partial charge < -0.3 is 9.47 Å². The van der Waals surface area contributed by atoms with Crippen LogP contribution in [-0.4, -0.2) is 36.7 Å². The number of rotatable bonds is 6. The summed E-state index contributed by atoms with van der Waals surface area (Å²) in [4.78, 5) is 2.84. The number of pyridine rings is 2. The van der Waals surface area contributed by atoms with Gasteiger partial charge in [-0.1, -0.05) is 11.6 Å². The van der Waals surface area contributed by atoms with Crippen LogP contribution in [0.25, 0.3) is 5.52 Å². The molecule has 3 aromatic rings. The van der Waals surface area contributed by atoms with Crippen LogP contribution in [0.1, 0.15) is 4.11 Å². The molecule has 0 bridgehead atoms. The van der Waals surface area contributed by atoms with Crippen molar-refractivity contribution < 1.29 is 35.2 Å². The Morgan fingerprint density at radius 1 is 1.37 bits per heavy atom. The van der Waals surface area contributed by atoms with Crippen LogP contribution >= 0.6 is 11.6 Å². The summed E-state index contributed by atoms with van der Waals surface area (Å²) in [5.41, 5.74) is -0.671. The molecule has 0 aromatic carbocycles. The minimum atomic E-state index is -4.48. The van der Waals surface area contributed by atoms with Crippen LogP contribution in [0.15, 0.2) is 35.5 Å². The third kappa shape index (κ3) is 3.85. The zero-order valence-electron chi connectivity index (χ0n) is 15.9. The van der Waals surface area contributed by atoms with Crippen LogP contribution in [0.3, 0.4) is 0 Å². The Bertz CT molecular complexity index is 1210. The Morgan fingerprint density at radius 3 is 2.85 bits per heavy atom. The number of aromatic nitrogens is 3. The number of sulfonamides is 1. The van der Waals surface area contributed by atoms with Gasteiger partial charge in [-0.15, -0.1) is 0 Å². The second kappa shape index (κ2) is 7.12. The number of halogens is 4. The third-order valence-corrected chi connectivity index (χ3v) is 4.79. The molecule has 0 amide bonds. The lowest BCUT2D eigenvalue weighted by molar-refractivity contribution is -0.0555. The number of alkyl halides is 2. The molecule has 0 unspecified atom stereocenters. The first-order valence-corrected chi connectivity index (χ1v) is 8.72.